The Bertz CT molecular complexity index is 864. The van der Waals surface area contributed by atoms with Crippen LogP contribution in [0.15, 0.2) is 46.2 Å². The van der Waals surface area contributed by atoms with Crippen molar-refractivity contribution in [3.05, 3.63) is 52.0 Å². The summed E-state index contributed by atoms with van der Waals surface area (Å²) in [5, 5.41) is 2.97. The third kappa shape index (κ3) is 7.85. The SMILES string of the molecule is CC(C)NC(=O)CCSc1ccc(Cl)cc1NSc1ccc(Cl)c(C(F)(F)F)c1. The van der Waals surface area contributed by atoms with Crippen molar-refractivity contribution in [3.8, 4) is 0 Å². The van der Waals surface area contributed by atoms with E-state index in [-0.39, 0.29) is 17.0 Å². The highest BCUT2D eigenvalue weighted by Gasteiger charge is 2.33. The average molecular weight is 483 g/mol. The maximum atomic E-state index is 13.0. The van der Waals surface area contributed by atoms with Gasteiger partial charge in [-0.1, -0.05) is 23.2 Å². The molecule has 0 unspecified atom stereocenters. The van der Waals surface area contributed by atoms with E-state index in [0.717, 1.165) is 22.9 Å². The van der Waals surface area contributed by atoms with Crippen LogP contribution in [0.5, 0.6) is 0 Å². The molecule has 0 fully saturated rings. The minimum Gasteiger partial charge on any atom is -0.354 e. The Morgan fingerprint density at radius 1 is 1.14 bits per heavy atom. The van der Waals surface area contributed by atoms with Crippen molar-refractivity contribution < 1.29 is 18.0 Å². The van der Waals surface area contributed by atoms with E-state index in [1.54, 1.807) is 18.2 Å². The van der Waals surface area contributed by atoms with Crippen molar-refractivity contribution in [1.82, 2.24) is 5.32 Å². The van der Waals surface area contributed by atoms with E-state index >= 15 is 0 Å². The first-order valence-corrected chi connectivity index (χ1v) is 11.1. The molecule has 0 bridgehead atoms. The quantitative estimate of drug-likeness (QED) is 0.309. The number of halogens is 5. The summed E-state index contributed by atoms with van der Waals surface area (Å²) in [4.78, 5) is 13.0. The summed E-state index contributed by atoms with van der Waals surface area (Å²) in [5.74, 6) is 0.518. The number of rotatable bonds is 8. The van der Waals surface area contributed by atoms with Crippen LogP contribution in [0.25, 0.3) is 0 Å². The Hall–Kier alpha value is -1.22. The molecule has 0 saturated heterocycles. The molecular weight excluding hydrogens is 464 g/mol. The molecule has 0 radical (unpaired) electrons. The van der Waals surface area contributed by atoms with Gasteiger partial charge in [0.25, 0.3) is 0 Å². The first kappa shape index (κ1) is 24.1. The molecule has 2 N–H and O–H groups in total. The third-order valence-electron chi connectivity index (χ3n) is 3.50. The highest BCUT2D eigenvalue weighted by molar-refractivity contribution is 8.01. The Labute approximate surface area is 186 Å². The molecule has 0 heterocycles. The molecule has 0 atom stereocenters. The summed E-state index contributed by atoms with van der Waals surface area (Å²) < 4.78 is 42.1. The van der Waals surface area contributed by atoms with Gasteiger partial charge in [-0.2, -0.15) is 13.2 Å². The number of anilines is 1. The predicted octanol–water partition coefficient (Wildman–Crippen LogP) is 7.14. The largest absolute Gasteiger partial charge is 0.417 e. The second-order valence-corrected chi connectivity index (χ2v) is 9.16. The number of carbonyl (C=O) groups excluding carboxylic acids is 1. The van der Waals surface area contributed by atoms with Crippen molar-refractivity contribution in [2.24, 2.45) is 0 Å². The van der Waals surface area contributed by atoms with Crippen LogP contribution in [0.3, 0.4) is 0 Å². The van der Waals surface area contributed by atoms with E-state index in [9.17, 15) is 18.0 Å². The summed E-state index contributed by atoms with van der Waals surface area (Å²) >= 11 is 14.2. The zero-order chi connectivity index (χ0) is 21.6. The highest BCUT2D eigenvalue weighted by Crippen LogP contribution is 2.38. The number of alkyl halides is 3. The standard InChI is InChI=1S/C19H19Cl2F3N2OS2/c1-11(2)25-18(27)7-8-28-17-6-3-12(20)9-16(17)26-29-13-4-5-15(21)14(10-13)19(22,23)24/h3-6,9-11,26H,7-8H2,1-2H3,(H,25,27). The van der Waals surface area contributed by atoms with Gasteiger partial charge in [0.15, 0.2) is 0 Å². The van der Waals surface area contributed by atoms with E-state index in [1.165, 1.54) is 23.9 Å². The Kier molecular flexibility index (Phi) is 8.88. The number of amides is 1. The lowest BCUT2D eigenvalue weighted by Gasteiger charge is -2.14. The average Bonchev–Trinajstić information content (AvgIpc) is 2.61. The zero-order valence-electron chi connectivity index (χ0n) is 15.6. The molecule has 0 spiro atoms. The van der Waals surface area contributed by atoms with Gasteiger partial charge in [-0.25, -0.2) is 0 Å². The predicted molar refractivity (Wildman–Crippen MR) is 116 cm³/mol. The van der Waals surface area contributed by atoms with Gasteiger partial charge in [-0.3, -0.25) is 4.79 Å². The fraction of sp³-hybridized carbons (Fsp3) is 0.316. The third-order valence-corrected chi connectivity index (χ3v) is 5.95. The van der Waals surface area contributed by atoms with Crippen molar-refractivity contribution in [3.63, 3.8) is 0 Å². The van der Waals surface area contributed by atoms with Gasteiger partial charge in [0.2, 0.25) is 5.91 Å². The van der Waals surface area contributed by atoms with Crippen molar-refractivity contribution in [2.75, 3.05) is 10.5 Å². The van der Waals surface area contributed by atoms with Crippen molar-refractivity contribution in [1.29, 1.82) is 0 Å². The molecule has 0 aliphatic carbocycles. The summed E-state index contributed by atoms with van der Waals surface area (Å²) in [7, 11) is 0. The molecule has 29 heavy (non-hydrogen) atoms. The van der Waals surface area contributed by atoms with Crippen LogP contribution < -0.4 is 10.0 Å². The molecule has 0 aromatic heterocycles. The first-order valence-electron chi connectivity index (χ1n) is 8.57. The van der Waals surface area contributed by atoms with E-state index < -0.39 is 11.7 Å². The van der Waals surface area contributed by atoms with E-state index in [2.05, 4.69) is 10.0 Å². The smallest absolute Gasteiger partial charge is 0.354 e. The number of benzene rings is 2. The summed E-state index contributed by atoms with van der Waals surface area (Å²) in [6.07, 6.45) is -4.18. The molecule has 2 aromatic rings. The number of carbonyl (C=O) groups is 1. The van der Waals surface area contributed by atoms with Gasteiger partial charge in [0.05, 0.1) is 16.3 Å². The van der Waals surface area contributed by atoms with Crippen LogP contribution in [0.1, 0.15) is 25.8 Å². The monoisotopic (exact) mass is 482 g/mol. The van der Waals surface area contributed by atoms with Gasteiger partial charge in [-0.05, 0) is 62.2 Å². The molecular formula is C19H19Cl2F3N2OS2. The second-order valence-electron chi connectivity index (χ2n) is 6.30. The molecule has 10 heteroatoms. The fourth-order valence-corrected chi connectivity index (χ4v) is 4.36. The van der Waals surface area contributed by atoms with Gasteiger partial charge in [0, 0.05) is 33.0 Å². The Balaban J connectivity index is 2.05. The zero-order valence-corrected chi connectivity index (χ0v) is 18.7. The van der Waals surface area contributed by atoms with Crippen LogP contribution >= 0.6 is 46.9 Å². The highest BCUT2D eigenvalue weighted by atomic mass is 35.5. The number of hydrogen-bond donors (Lipinski definition) is 2. The minimum absolute atomic E-state index is 0.0359. The molecule has 2 rings (SSSR count). The normalized spacial score (nSPS) is 11.6. The van der Waals surface area contributed by atoms with Crippen LogP contribution in [-0.2, 0) is 11.0 Å². The van der Waals surface area contributed by atoms with Crippen molar-refractivity contribution >= 4 is 58.5 Å². The number of nitrogens with one attached hydrogen (secondary N) is 2. The topological polar surface area (TPSA) is 41.1 Å². The summed E-state index contributed by atoms with van der Waals surface area (Å²) in [5.41, 5.74) is -0.233. The molecule has 3 nitrogen and oxygen atoms in total. The molecule has 1 amide bonds. The van der Waals surface area contributed by atoms with Crippen molar-refractivity contribution in [2.45, 2.75) is 42.3 Å². The van der Waals surface area contributed by atoms with E-state index in [4.69, 9.17) is 23.2 Å². The second kappa shape index (κ2) is 10.7. The lowest BCUT2D eigenvalue weighted by atomic mass is 10.2. The number of thioether (sulfide) groups is 1. The Morgan fingerprint density at radius 2 is 1.86 bits per heavy atom. The molecule has 0 saturated carbocycles. The van der Waals surface area contributed by atoms with Gasteiger partial charge >= 0.3 is 6.18 Å². The van der Waals surface area contributed by atoms with Crippen LogP contribution in [0, 0.1) is 0 Å². The lowest BCUT2D eigenvalue weighted by Crippen LogP contribution is -2.30. The first-order chi connectivity index (χ1) is 13.6. The molecule has 158 valence electrons. The van der Waals surface area contributed by atoms with E-state index in [0.29, 0.717) is 27.8 Å². The fourth-order valence-electron chi connectivity index (χ4n) is 2.25. The van der Waals surface area contributed by atoms with Gasteiger partial charge in [0.1, 0.15) is 0 Å². The van der Waals surface area contributed by atoms with Gasteiger partial charge < -0.3 is 10.0 Å². The maximum Gasteiger partial charge on any atom is 0.417 e. The lowest BCUT2D eigenvalue weighted by molar-refractivity contribution is -0.137. The molecule has 0 aliphatic rings. The summed E-state index contributed by atoms with van der Waals surface area (Å²) in [6, 6.07) is 9.01. The molecule has 2 aromatic carbocycles. The number of hydrogen-bond acceptors (Lipinski definition) is 4. The maximum absolute atomic E-state index is 13.0. The van der Waals surface area contributed by atoms with Crippen LogP contribution in [0.2, 0.25) is 10.0 Å². The van der Waals surface area contributed by atoms with Crippen LogP contribution in [-0.4, -0.2) is 17.7 Å². The minimum atomic E-state index is -4.53. The molecule has 0 aliphatic heterocycles. The van der Waals surface area contributed by atoms with Crippen LogP contribution in [0.4, 0.5) is 18.9 Å². The van der Waals surface area contributed by atoms with E-state index in [1.807, 2.05) is 13.8 Å². The van der Waals surface area contributed by atoms with Gasteiger partial charge in [-0.15, -0.1) is 11.8 Å². The Morgan fingerprint density at radius 3 is 2.52 bits per heavy atom. The summed E-state index contributed by atoms with van der Waals surface area (Å²) in [6.45, 7) is 3.79.